The van der Waals surface area contributed by atoms with Gasteiger partial charge in [0.15, 0.2) is 5.78 Å². The smallest absolute Gasteiger partial charge is 0.166 e. The van der Waals surface area contributed by atoms with E-state index < -0.39 is 5.54 Å². The van der Waals surface area contributed by atoms with Crippen LogP contribution in [0, 0.1) is 0 Å². The summed E-state index contributed by atoms with van der Waals surface area (Å²) >= 11 is 5.99. The monoisotopic (exact) mass is 241 g/mol. The lowest BCUT2D eigenvalue weighted by atomic mass is 9.95. The van der Waals surface area contributed by atoms with Crippen molar-refractivity contribution in [2.45, 2.75) is 25.8 Å². The lowest BCUT2D eigenvalue weighted by Gasteiger charge is -2.17. The number of nitrogens with two attached hydrogens (primary N) is 1. The van der Waals surface area contributed by atoms with Crippen molar-refractivity contribution in [3.8, 4) is 5.75 Å². The minimum absolute atomic E-state index is 0.0554. The van der Waals surface area contributed by atoms with Gasteiger partial charge in [-0.05, 0) is 32.0 Å². The molecule has 0 aliphatic rings. The van der Waals surface area contributed by atoms with Crippen LogP contribution in [0.5, 0.6) is 5.75 Å². The van der Waals surface area contributed by atoms with Gasteiger partial charge in [-0.3, -0.25) is 4.79 Å². The summed E-state index contributed by atoms with van der Waals surface area (Å²) in [6.45, 7) is 3.62. The van der Waals surface area contributed by atoms with Crippen LogP contribution in [0.25, 0.3) is 0 Å². The Morgan fingerprint density at radius 3 is 2.56 bits per heavy atom. The van der Waals surface area contributed by atoms with Crippen molar-refractivity contribution in [1.82, 2.24) is 0 Å². The lowest BCUT2D eigenvalue weighted by molar-refractivity contribution is 0.0960. The molecule has 0 bridgehead atoms. The topological polar surface area (TPSA) is 52.3 Å². The number of carbonyl (C=O) groups is 1. The number of Topliss-reactive ketones (excluding diaryl/α,β-unsaturated/α-hetero) is 1. The second kappa shape index (κ2) is 4.85. The summed E-state index contributed by atoms with van der Waals surface area (Å²) < 4.78 is 5.01. The van der Waals surface area contributed by atoms with Gasteiger partial charge in [-0.2, -0.15) is 0 Å². The summed E-state index contributed by atoms with van der Waals surface area (Å²) in [6.07, 6.45) is 0.263. The summed E-state index contributed by atoms with van der Waals surface area (Å²) in [5.41, 5.74) is 5.75. The maximum absolute atomic E-state index is 11.9. The summed E-state index contributed by atoms with van der Waals surface area (Å²) in [7, 11) is 1.55. The Kier molecular flexibility index (Phi) is 3.94. The summed E-state index contributed by atoms with van der Waals surface area (Å²) in [5, 5.41) is 0.397. The van der Waals surface area contributed by atoms with E-state index in [2.05, 4.69) is 0 Å². The van der Waals surface area contributed by atoms with Crippen LogP contribution in [0.1, 0.15) is 30.6 Å². The molecule has 1 aromatic carbocycles. The maximum Gasteiger partial charge on any atom is 0.166 e. The quantitative estimate of drug-likeness (QED) is 0.825. The molecule has 0 amide bonds. The molecule has 16 heavy (non-hydrogen) atoms. The van der Waals surface area contributed by atoms with E-state index in [-0.39, 0.29) is 12.2 Å². The highest BCUT2D eigenvalue weighted by molar-refractivity contribution is 6.34. The van der Waals surface area contributed by atoms with Crippen molar-refractivity contribution in [1.29, 1.82) is 0 Å². The van der Waals surface area contributed by atoms with E-state index in [1.165, 1.54) is 0 Å². The highest BCUT2D eigenvalue weighted by Gasteiger charge is 2.19. The number of hydrogen-bond acceptors (Lipinski definition) is 3. The first-order valence-electron chi connectivity index (χ1n) is 4.99. The minimum Gasteiger partial charge on any atom is -0.497 e. The van der Waals surface area contributed by atoms with E-state index in [4.69, 9.17) is 22.1 Å². The zero-order valence-electron chi connectivity index (χ0n) is 9.71. The fourth-order valence-corrected chi connectivity index (χ4v) is 1.63. The molecule has 0 saturated heterocycles. The Hall–Kier alpha value is -1.06. The second-order valence-electron chi connectivity index (χ2n) is 4.43. The summed E-state index contributed by atoms with van der Waals surface area (Å²) in [6, 6.07) is 5.00. The lowest BCUT2D eigenvalue weighted by Crippen LogP contribution is -2.34. The van der Waals surface area contributed by atoms with Gasteiger partial charge < -0.3 is 10.5 Å². The molecule has 0 aliphatic carbocycles. The fraction of sp³-hybridized carbons (Fsp3) is 0.417. The van der Waals surface area contributed by atoms with E-state index in [1.54, 1.807) is 25.3 Å². The number of rotatable bonds is 4. The number of ketones is 1. The predicted molar refractivity (Wildman–Crippen MR) is 65.2 cm³/mol. The molecule has 3 nitrogen and oxygen atoms in total. The van der Waals surface area contributed by atoms with Crippen LogP contribution in [0.4, 0.5) is 0 Å². The highest BCUT2D eigenvalue weighted by atomic mass is 35.5. The van der Waals surface area contributed by atoms with Gasteiger partial charge in [0.1, 0.15) is 5.75 Å². The standard InChI is InChI=1S/C12H16ClNO2/c1-12(2,14)7-11(15)9-5-4-8(16-3)6-10(9)13/h4-6H,7,14H2,1-3H3. The molecule has 1 aromatic rings. The average molecular weight is 242 g/mol. The molecule has 0 fully saturated rings. The highest BCUT2D eigenvalue weighted by Crippen LogP contribution is 2.24. The van der Waals surface area contributed by atoms with E-state index in [0.29, 0.717) is 16.3 Å². The number of carbonyl (C=O) groups excluding carboxylic acids is 1. The third-order valence-electron chi connectivity index (χ3n) is 2.09. The number of hydrogen-bond donors (Lipinski definition) is 1. The maximum atomic E-state index is 11.9. The van der Waals surface area contributed by atoms with Crippen LogP contribution in [0.3, 0.4) is 0 Å². The molecule has 0 aliphatic heterocycles. The van der Waals surface area contributed by atoms with E-state index in [9.17, 15) is 4.79 Å². The Balaban J connectivity index is 2.93. The Morgan fingerprint density at radius 2 is 2.12 bits per heavy atom. The van der Waals surface area contributed by atoms with Crippen LogP contribution < -0.4 is 10.5 Å². The fourth-order valence-electron chi connectivity index (χ4n) is 1.36. The third-order valence-corrected chi connectivity index (χ3v) is 2.41. The summed E-state index contributed by atoms with van der Waals surface area (Å²) in [5.74, 6) is 0.578. The summed E-state index contributed by atoms with van der Waals surface area (Å²) in [4.78, 5) is 11.9. The van der Waals surface area contributed by atoms with Crippen molar-refractivity contribution in [3.05, 3.63) is 28.8 Å². The van der Waals surface area contributed by atoms with Crippen LogP contribution >= 0.6 is 11.6 Å². The molecule has 0 spiro atoms. The van der Waals surface area contributed by atoms with Gasteiger partial charge in [0.25, 0.3) is 0 Å². The zero-order chi connectivity index (χ0) is 12.3. The SMILES string of the molecule is COc1ccc(C(=O)CC(C)(C)N)c(Cl)c1. The predicted octanol–water partition coefficient (Wildman–Crippen LogP) is 2.66. The first-order valence-corrected chi connectivity index (χ1v) is 5.37. The van der Waals surface area contributed by atoms with Gasteiger partial charge in [-0.15, -0.1) is 0 Å². The van der Waals surface area contributed by atoms with Crippen molar-refractivity contribution < 1.29 is 9.53 Å². The van der Waals surface area contributed by atoms with E-state index >= 15 is 0 Å². The molecule has 0 aromatic heterocycles. The van der Waals surface area contributed by atoms with Crippen LogP contribution in [-0.2, 0) is 0 Å². The molecular weight excluding hydrogens is 226 g/mol. The molecule has 0 saturated carbocycles. The molecular formula is C12H16ClNO2. The molecule has 0 heterocycles. The van der Waals surface area contributed by atoms with Gasteiger partial charge in [-0.25, -0.2) is 0 Å². The average Bonchev–Trinajstić information content (AvgIpc) is 2.14. The zero-order valence-corrected chi connectivity index (χ0v) is 10.5. The van der Waals surface area contributed by atoms with Crippen LogP contribution in [-0.4, -0.2) is 18.4 Å². The molecule has 0 atom stereocenters. The molecule has 88 valence electrons. The Morgan fingerprint density at radius 1 is 1.50 bits per heavy atom. The first kappa shape index (κ1) is 13.0. The van der Waals surface area contributed by atoms with Gasteiger partial charge in [0.05, 0.1) is 12.1 Å². The van der Waals surface area contributed by atoms with Crippen molar-refractivity contribution in [2.24, 2.45) is 5.73 Å². The van der Waals surface area contributed by atoms with E-state index in [1.807, 2.05) is 13.8 Å². The molecule has 0 radical (unpaired) electrons. The van der Waals surface area contributed by atoms with Crippen LogP contribution in [0.2, 0.25) is 5.02 Å². The third kappa shape index (κ3) is 3.51. The number of ether oxygens (including phenoxy) is 1. The number of halogens is 1. The van der Waals surface area contributed by atoms with Crippen molar-refractivity contribution >= 4 is 17.4 Å². The van der Waals surface area contributed by atoms with E-state index in [0.717, 1.165) is 0 Å². The number of methoxy groups -OCH3 is 1. The number of benzene rings is 1. The molecule has 0 unspecified atom stereocenters. The first-order chi connectivity index (χ1) is 7.33. The molecule has 4 heteroatoms. The van der Waals surface area contributed by atoms with Gasteiger partial charge in [-0.1, -0.05) is 11.6 Å². The largest absolute Gasteiger partial charge is 0.497 e. The van der Waals surface area contributed by atoms with Crippen molar-refractivity contribution in [3.63, 3.8) is 0 Å². The second-order valence-corrected chi connectivity index (χ2v) is 4.84. The molecule has 2 N–H and O–H groups in total. The normalized spacial score (nSPS) is 11.3. The minimum atomic E-state index is -0.527. The van der Waals surface area contributed by atoms with Gasteiger partial charge in [0.2, 0.25) is 0 Å². The Labute approximate surface area is 101 Å². The van der Waals surface area contributed by atoms with Crippen LogP contribution in [0.15, 0.2) is 18.2 Å². The molecule has 1 rings (SSSR count). The van der Waals surface area contributed by atoms with Gasteiger partial charge in [0, 0.05) is 17.5 Å². The van der Waals surface area contributed by atoms with Crippen molar-refractivity contribution in [2.75, 3.05) is 7.11 Å². The van der Waals surface area contributed by atoms with Gasteiger partial charge >= 0.3 is 0 Å². The Bertz CT molecular complexity index is 396.